The lowest BCUT2D eigenvalue weighted by atomic mass is 10.0. The summed E-state index contributed by atoms with van der Waals surface area (Å²) in [6.07, 6.45) is 2.71. The number of nitrogens with one attached hydrogen (secondary N) is 1. The van der Waals surface area contributed by atoms with Crippen LogP contribution in [-0.4, -0.2) is 6.04 Å². The molecule has 0 bridgehead atoms. The van der Waals surface area contributed by atoms with Gasteiger partial charge in [0, 0.05) is 17.1 Å². The van der Waals surface area contributed by atoms with Crippen LogP contribution in [0.15, 0.2) is 42.5 Å². The summed E-state index contributed by atoms with van der Waals surface area (Å²) < 4.78 is 13.8. The third-order valence-corrected chi connectivity index (χ3v) is 4.37. The predicted octanol–water partition coefficient (Wildman–Crippen LogP) is 4.69. The molecule has 1 nitrogen and oxygen atoms in total. The van der Waals surface area contributed by atoms with E-state index < -0.39 is 0 Å². The van der Waals surface area contributed by atoms with Crippen LogP contribution in [0.3, 0.4) is 0 Å². The van der Waals surface area contributed by atoms with E-state index in [9.17, 15) is 4.39 Å². The molecule has 110 valence electrons. The molecule has 0 radical (unpaired) electrons. The zero-order valence-electron chi connectivity index (χ0n) is 12.1. The standard InChI is InChI=1S/C18H19ClFN/c1-12(10-13-4-2-5-14(19)11-13)21-18-9-8-15-16(18)6-3-7-17(15)20/h2-7,11-12,18,21H,8-10H2,1H3. The molecule has 1 aliphatic carbocycles. The molecule has 0 spiro atoms. The van der Waals surface area contributed by atoms with Crippen molar-refractivity contribution in [2.75, 3.05) is 0 Å². The van der Waals surface area contributed by atoms with E-state index >= 15 is 0 Å². The normalized spacial score (nSPS) is 18.5. The number of hydrogen-bond acceptors (Lipinski definition) is 1. The molecule has 0 aromatic heterocycles. The predicted molar refractivity (Wildman–Crippen MR) is 85.2 cm³/mol. The van der Waals surface area contributed by atoms with Gasteiger partial charge in [0.2, 0.25) is 0 Å². The fraction of sp³-hybridized carbons (Fsp3) is 0.333. The lowest BCUT2D eigenvalue weighted by Crippen LogP contribution is -2.31. The minimum Gasteiger partial charge on any atom is -0.307 e. The van der Waals surface area contributed by atoms with Crippen molar-refractivity contribution in [3.63, 3.8) is 0 Å². The molecule has 3 rings (SSSR count). The molecule has 1 aliphatic rings. The monoisotopic (exact) mass is 303 g/mol. The van der Waals surface area contributed by atoms with E-state index in [1.54, 1.807) is 12.1 Å². The molecule has 0 saturated heterocycles. The first-order valence-corrected chi connectivity index (χ1v) is 7.79. The van der Waals surface area contributed by atoms with Crippen molar-refractivity contribution < 1.29 is 4.39 Å². The summed E-state index contributed by atoms with van der Waals surface area (Å²) in [6.45, 7) is 2.16. The van der Waals surface area contributed by atoms with Crippen molar-refractivity contribution in [1.29, 1.82) is 0 Å². The van der Waals surface area contributed by atoms with Gasteiger partial charge in [0.25, 0.3) is 0 Å². The van der Waals surface area contributed by atoms with Gasteiger partial charge in [-0.05, 0) is 61.1 Å². The molecule has 0 amide bonds. The van der Waals surface area contributed by atoms with E-state index in [0.717, 1.165) is 35.4 Å². The Bertz CT molecular complexity index is 641. The van der Waals surface area contributed by atoms with Gasteiger partial charge >= 0.3 is 0 Å². The van der Waals surface area contributed by atoms with E-state index in [1.807, 2.05) is 24.3 Å². The first-order valence-electron chi connectivity index (χ1n) is 7.41. The van der Waals surface area contributed by atoms with Gasteiger partial charge in [-0.25, -0.2) is 4.39 Å². The molecule has 0 saturated carbocycles. The lowest BCUT2D eigenvalue weighted by molar-refractivity contribution is 0.451. The summed E-state index contributed by atoms with van der Waals surface area (Å²) in [6, 6.07) is 13.9. The van der Waals surface area contributed by atoms with E-state index in [2.05, 4.69) is 18.3 Å². The van der Waals surface area contributed by atoms with Crippen LogP contribution in [0.1, 0.15) is 36.1 Å². The number of benzene rings is 2. The number of rotatable bonds is 4. The highest BCUT2D eigenvalue weighted by atomic mass is 35.5. The Hall–Kier alpha value is -1.38. The minimum atomic E-state index is -0.0701. The fourth-order valence-electron chi connectivity index (χ4n) is 3.20. The Morgan fingerprint density at radius 2 is 2.10 bits per heavy atom. The summed E-state index contributed by atoms with van der Waals surface area (Å²) in [5.41, 5.74) is 3.22. The number of hydrogen-bond donors (Lipinski definition) is 1. The summed E-state index contributed by atoms with van der Waals surface area (Å²) >= 11 is 6.02. The maximum Gasteiger partial charge on any atom is 0.126 e. The zero-order chi connectivity index (χ0) is 14.8. The molecule has 2 aromatic rings. The number of fused-ring (bicyclic) bond motifs is 1. The molecular weight excluding hydrogens is 285 g/mol. The van der Waals surface area contributed by atoms with E-state index in [4.69, 9.17) is 11.6 Å². The molecule has 21 heavy (non-hydrogen) atoms. The van der Waals surface area contributed by atoms with Crippen LogP contribution in [0.4, 0.5) is 4.39 Å². The molecule has 3 heteroatoms. The van der Waals surface area contributed by atoms with Crippen LogP contribution in [0.25, 0.3) is 0 Å². The van der Waals surface area contributed by atoms with Crippen LogP contribution in [0, 0.1) is 5.82 Å². The van der Waals surface area contributed by atoms with Gasteiger partial charge < -0.3 is 5.32 Å². The van der Waals surface area contributed by atoms with Gasteiger partial charge in [0.15, 0.2) is 0 Å². The molecule has 2 atom stereocenters. The van der Waals surface area contributed by atoms with E-state index in [1.165, 1.54) is 5.56 Å². The van der Waals surface area contributed by atoms with E-state index in [-0.39, 0.29) is 11.9 Å². The largest absolute Gasteiger partial charge is 0.307 e. The average Bonchev–Trinajstić information content (AvgIpc) is 2.83. The third-order valence-electron chi connectivity index (χ3n) is 4.13. The Morgan fingerprint density at radius 3 is 2.90 bits per heavy atom. The van der Waals surface area contributed by atoms with Crippen LogP contribution in [0.5, 0.6) is 0 Å². The SMILES string of the molecule is CC(Cc1cccc(Cl)c1)NC1CCc2c(F)cccc21. The van der Waals surface area contributed by atoms with Crippen LogP contribution in [0.2, 0.25) is 5.02 Å². The van der Waals surface area contributed by atoms with Crippen LogP contribution in [-0.2, 0) is 12.8 Å². The maximum atomic E-state index is 13.8. The number of halogens is 2. The summed E-state index contributed by atoms with van der Waals surface area (Å²) in [5, 5.41) is 4.39. The first-order chi connectivity index (χ1) is 10.1. The molecule has 0 heterocycles. The molecule has 2 unspecified atom stereocenters. The quantitative estimate of drug-likeness (QED) is 0.864. The van der Waals surface area contributed by atoms with E-state index in [0.29, 0.717) is 6.04 Å². The fourth-order valence-corrected chi connectivity index (χ4v) is 3.42. The Morgan fingerprint density at radius 1 is 1.29 bits per heavy atom. The van der Waals surface area contributed by atoms with Gasteiger partial charge in [0.1, 0.15) is 5.82 Å². The molecule has 0 fully saturated rings. The van der Waals surface area contributed by atoms with Crippen molar-refractivity contribution in [2.45, 2.75) is 38.3 Å². The van der Waals surface area contributed by atoms with Gasteiger partial charge in [0.05, 0.1) is 0 Å². The van der Waals surface area contributed by atoms with Crippen molar-refractivity contribution in [1.82, 2.24) is 5.32 Å². The molecular formula is C18H19ClFN. The maximum absolute atomic E-state index is 13.8. The average molecular weight is 304 g/mol. The van der Waals surface area contributed by atoms with Crippen LogP contribution >= 0.6 is 11.6 Å². The van der Waals surface area contributed by atoms with Gasteiger partial charge in [-0.2, -0.15) is 0 Å². The minimum absolute atomic E-state index is 0.0701. The van der Waals surface area contributed by atoms with Crippen LogP contribution < -0.4 is 5.32 Å². The lowest BCUT2D eigenvalue weighted by Gasteiger charge is -2.20. The van der Waals surface area contributed by atoms with Crippen molar-refractivity contribution in [3.05, 3.63) is 70.0 Å². The zero-order valence-corrected chi connectivity index (χ0v) is 12.8. The van der Waals surface area contributed by atoms with Gasteiger partial charge in [-0.15, -0.1) is 0 Å². The van der Waals surface area contributed by atoms with Gasteiger partial charge in [-0.3, -0.25) is 0 Å². The highest BCUT2D eigenvalue weighted by Crippen LogP contribution is 2.33. The Labute approximate surface area is 130 Å². The van der Waals surface area contributed by atoms with Crippen molar-refractivity contribution in [3.8, 4) is 0 Å². The third kappa shape index (κ3) is 3.28. The van der Waals surface area contributed by atoms with Crippen molar-refractivity contribution >= 4 is 11.6 Å². The van der Waals surface area contributed by atoms with Crippen molar-refractivity contribution in [2.24, 2.45) is 0 Å². The smallest absolute Gasteiger partial charge is 0.126 e. The molecule has 2 aromatic carbocycles. The Kier molecular flexibility index (Phi) is 4.27. The second kappa shape index (κ2) is 6.17. The summed E-state index contributed by atoms with van der Waals surface area (Å²) in [7, 11) is 0. The topological polar surface area (TPSA) is 12.0 Å². The highest BCUT2D eigenvalue weighted by molar-refractivity contribution is 6.30. The second-order valence-corrected chi connectivity index (χ2v) is 6.24. The molecule has 1 N–H and O–H groups in total. The Balaban J connectivity index is 1.67. The second-order valence-electron chi connectivity index (χ2n) is 5.80. The molecule has 0 aliphatic heterocycles. The van der Waals surface area contributed by atoms with Gasteiger partial charge in [-0.1, -0.05) is 35.9 Å². The first kappa shape index (κ1) is 14.6. The summed E-state index contributed by atoms with van der Waals surface area (Å²) in [5.74, 6) is -0.0701. The highest BCUT2D eigenvalue weighted by Gasteiger charge is 2.25. The summed E-state index contributed by atoms with van der Waals surface area (Å²) in [4.78, 5) is 0.